The molecule has 218 valence electrons. The van der Waals surface area contributed by atoms with Gasteiger partial charge in [-0.25, -0.2) is 4.79 Å². The van der Waals surface area contributed by atoms with Crippen LogP contribution in [0.2, 0.25) is 0 Å². The predicted molar refractivity (Wildman–Crippen MR) is 166 cm³/mol. The average Bonchev–Trinajstić information content (AvgIpc) is 3.30. The number of aryl methyl sites for hydroxylation is 1. The molecule has 2 atom stereocenters. The molecule has 1 aliphatic carbocycles. The van der Waals surface area contributed by atoms with Gasteiger partial charge in [0.1, 0.15) is 5.75 Å². The first-order valence-corrected chi connectivity index (χ1v) is 13.9. The zero-order valence-electron chi connectivity index (χ0n) is 23.1. The summed E-state index contributed by atoms with van der Waals surface area (Å²) in [4.78, 5) is 35.4. The SMILES string of the molecule is COc1ccc2c(c1)CC[C@H](NC(=O)CN1CCC(n3c(=O)[nH]c4ccccc43)CC1)[C@H]2Cc1cccnc1.Cl.Cl. The van der Waals surface area contributed by atoms with Gasteiger partial charge in [0.05, 0.1) is 24.7 Å². The highest BCUT2D eigenvalue weighted by Gasteiger charge is 2.32. The summed E-state index contributed by atoms with van der Waals surface area (Å²) in [5, 5.41) is 3.39. The topological polar surface area (TPSA) is 92.2 Å². The monoisotopic (exact) mass is 597 g/mol. The van der Waals surface area contributed by atoms with E-state index in [1.807, 2.05) is 47.2 Å². The van der Waals surface area contributed by atoms with E-state index in [0.717, 1.165) is 62.0 Å². The summed E-state index contributed by atoms with van der Waals surface area (Å²) in [7, 11) is 1.70. The van der Waals surface area contributed by atoms with Crippen LogP contribution >= 0.6 is 24.8 Å². The van der Waals surface area contributed by atoms with Crippen molar-refractivity contribution in [1.29, 1.82) is 0 Å². The first kappa shape index (κ1) is 30.6. The Bertz CT molecular complexity index is 1520. The molecular weight excluding hydrogens is 561 g/mol. The molecule has 10 heteroatoms. The molecule has 1 aliphatic heterocycles. The third-order valence-corrected chi connectivity index (χ3v) is 8.40. The largest absolute Gasteiger partial charge is 0.497 e. The first-order valence-electron chi connectivity index (χ1n) is 13.9. The zero-order chi connectivity index (χ0) is 26.8. The Morgan fingerprint density at radius 1 is 1.07 bits per heavy atom. The molecule has 2 aromatic heterocycles. The number of hydrogen-bond acceptors (Lipinski definition) is 5. The molecule has 0 saturated carbocycles. The van der Waals surface area contributed by atoms with E-state index in [4.69, 9.17) is 4.74 Å². The molecule has 6 rings (SSSR count). The van der Waals surface area contributed by atoms with Crippen LogP contribution in [0.5, 0.6) is 5.75 Å². The number of pyridine rings is 1. The number of rotatable bonds is 7. The van der Waals surface area contributed by atoms with Crippen LogP contribution in [-0.2, 0) is 17.6 Å². The summed E-state index contributed by atoms with van der Waals surface area (Å²) in [6.07, 6.45) is 8.02. The van der Waals surface area contributed by atoms with Crippen molar-refractivity contribution < 1.29 is 9.53 Å². The number of carbonyl (C=O) groups is 1. The lowest BCUT2D eigenvalue weighted by atomic mass is 9.76. The third-order valence-electron chi connectivity index (χ3n) is 8.40. The molecule has 2 N–H and O–H groups in total. The Morgan fingerprint density at radius 2 is 1.88 bits per heavy atom. The number of H-pyrrole nitrogens is 1. The number of nitrogens with zero attached hydrogens (tertiary/aromatic N) is 3. The quantitative estimate of drug-likeness (QED) is 0.323. The Kier molecular flexibility index (Phi) is 10.1. The maximum atomic E-state index is 13.3. The van der Waals surface area contributed by atoms with Gasteiger partial charge in [-0.1, -0.05) is 24.3 Å². The molecule has 1 saturated heterocycles. The number of para-hydroxylation sites is 2. The molecule has 0 unspecified atom stereocenters. The minimum Gasteiger partial charge on any atom is -0.497 e. The summed E-state index contributed by atoms with van der Waals surface area (Å²) in [6, 6.07) is 18.4. The molecule has 2 aliphatic rings. The Morgan fingerprint density at radius 3 is 2.63 bits per heavy atom. The predicted octanol–water partition coefficient (Wildman–Crippen LogP) is 4.67. The number of hydrogen-bond donors (Lipinski definition) is 2. The van der Waals surface area contributed by atoms with Crippen LogP contribution < -0.4 is 15.7 Å². The average molecular weight is 599 g/mol. The summed E-state index contributed by atoms with van der Waals surface area (Å²) in [6.45, 7) is 1.95. The number of ether oxygens (including phenoxy) is 1. The first-order chi connectivity index (χ1) is 19.1. The molecule has 0 bridgehead atoms. The van der Waals surface area contributed by atoms with Crippen molar-refractivity contribution in [1.82, 2.24) is 24.8 Å². The van der Waals surface area contributed by atoms with E-state index in [0.29, 0.717) is 6.54 Å². The molecule has 0 spiro atoms. The fourth-order valence-electron chi connectivity index (χ4n) is 6.44. The standard InChI is InChI=1S/C31H35N5O3.2ClH/c1-39-24-9-10-25-22(18-24)8-11-27(26(25)17-21-5-4-14-32-19-21)33-30(37)20-35-15-12-23(13-16-35)36-29-7-3-2-6-28(29)34-31(36)38;;/h2-7,9-10,14,18-19,23,26-27H,8,11-13,15-17,20H2,1H3,(H,33,37)(H,34,38);2*1H/t26-,27-;;/m0../s1. The highest BCUT2D eigenvalue weighted by molar-refractivity contribution is 5.85. The molecule has 1 fully saturated rings. The Labute approximate surface area is 252 Å². The van der Waals surface area contributed by atoms with E-state index in [-0.39, 0.29) is 54.4 Å². The molecule has 0 radical (unpaired) electrons. The van der Waals surface area contributed by atoms with Gasteiger partial charge in [0.15, 0.2) is 0 Å². The van der Waals surface area contributed by atoms with E-state index in [1.165, 1.54) is 16.7 Å². The normalized spacial score (nSPS) is 19.0. The fraction of sp³-hybridized carbons (Fsp3) is 0.387. The van der Waals surface area contributed by atoms with Crippen LogP contribution in [-0.4, -0.2) is 58.1 Å². The number of fused-ring (bicyclic) bond motifs is 2. The van der Waals surface area contributed by atoms with Gasteiger partial charge >= 0.3 is 5.69 Å². The molecule has 4 aromatic rings. The van der Waals surface area contributed by atoms with Crippen molar-refractivity contribution in [3.05, 3.63) is 94.2 Å². The van der Waals surface area contributed by atoms with Crippen molar-refractivity contribution in [3.63, 3.8) is 0 Å². The minimum absolute atomic E-state index is 0. The Hall–Kier alpha value is -3.33. The highest BCUT2D eigenvalue weighted by atomic mass is 35.5. The van der Waals surface area contributed by atoms with Gasteiger partial charge in [-0.2, -0.15) is 0 Å². The number of piperidine rings is 1. The number of aromatic nitrogens is 3. The number of amides is 1. The maximum absolute atomic E-state index is 13.3. The number of benzene rings is 2. The molecule has 2 aromatic carbocycles. The van der Waals surface area contributed by atoms with E-state index in [2.05, 4.69) is 38.4 Å². The van der Waals surface area contributed by atoms with Crippen molar-refractivity contribution >= 4 is 41.8 Å². The molecule has 1 amide bonds. The maximum Gasteiger partial charge on any atom is 0.326 e. The number of carbonyl (C=O) groups excluding carboxylic acids is 1. The van der Waals surface area contributed by atoms with Crippen molar-refractivity contribution in [2.75, 3.05) is 26.7 Å². The molecule has 3 heterocycles. The number of aromatic amines is 1. The van der Waals surface area contributed by atoms with Crippen molar-refractivity contribution in [3.8, 4) is 5.75 Å². The number of nitrogens with one attached hydrogen (secondary N) is 2. The second kappa shape index (κ2) is 13.6. The number of likely N-dealkylation sites (tertiary alicyclic amines) is 1. The molecule has 41 heavy (non-hydrogen) atoms. The lowest BCUT2D eigenvalue weighted by Crippen LogP contribution is -2.48. The van der Waals surface area contributed by atoms with Gasteiger partial charge < -0.3 is 15.0 Å². The van der Waals surface area contributed by atoms with E-state index >= 15 is 0 Å². The lowest BCUT2D eigenvalue weighted by Gasteiger charge is -2.36. The summed E-state index contributed by atoms with van der Waals surface area (Å²) in [5.74, 6) is 1.11. The van der Waals surface area contributed by atoms with Gasteiger partial charge in [0.2, 0.25) is 5.91 Å². The summed E-state index contributed by atoms with van der Waals surface area (Å²) in [5.41, 5.74) is 5.51. The van der Waals surface area contributed by atoms with E-state index < -0.39 is 0 Å². The van der Waals surface area contributed by atoms with Gasteiger partial charge in [-0.05, 0) is 79.1 Å². The highest BCUT2D eigenvalue weighted by Crippen LogP contribution is 2.36. The zero-order valence-corrected chi connectivity index (χ0v) is 24.8. The van der Waals surface area contributed by atoms with Crippen LogP contribution in [0.25, 0.3) is 11.0 Å². The van der Waals surface area contributed by atoms with Crippen LogP contribution in [0, 0.1) is 0 Å². The van der Waals surface area contributed by atoms with Gasteiger partial charge in [0.25, 0.3) is 0 Å². The summed E-state index contributed by atoms with van der Waals surface area (Å²) >= 11 is 0. The fourth-order valence-corrected chi connectivity index (χ4v) is 6.44. The number of methoxy groups -OCH3 is 1. The second-order valence-corrected chi connectivity index (χ2v) is 10.8. The van der Waals surface area contributed by atoms with Crippen molar-refractivity contribution in [2.24, 2.45) is 0 Å². The lowest BCUT2D eigenvalue weighted by molar-refractivity contribution is -0.123. The number of halogens is 2. The van der Waals surface area contributed by atoms with Gasteiger partial charge in [0, 0.05) is 43.5 Å². The van der Waals surface area contributed by atoms with Crippen molar-refractivity contribution in [2.45, 2.75) is 50.1 Å². The minimum atomic E-state index is -0.0535. The molecule has 8 nitrogen and oxygen atoms in total. The van der Waals surface area contributed by atoms with Gasteiger partial charge in [-0.3, -0.25) is 19.2 Å². The Balaban J connectivity index is 0.00000194. The molecular formula is C31H37Cl2N5O3. The second-order valence-electron chi connectivity index (χ2n) is 10.8. The van der Waals surface area contributed by atoms with Crippen LogP contribution in [0.4, 0.5) is 0 Å². The smallest absolute Gasteiger partial charge is 0.326 e. The van der Waals surface area contributed by atoms with Crippen LogP contribution in [0.1, 0.15) is 47.9 Å². The summed E-state index contributed by atoms with van der Waals surface area (Å²) < 4.78 is 7.36. The van der Waals surface area contributed by atoms with Crippen LogP contribution in [0.3, 0.4) is 0 Å². The van der Waals surface area contributed by atoms with Gasteiger partial charge in [-0.15, -0.1) is 24.8 Å². The van der Waals surface area contributed by atoms with E-state index in [1.54, 1.807) is 13.3 Å². The van der Waals surface area contributed by atoms with E-state index in [9.17, 15) is 9.59 Å². The third kappa shape index (κ3) is 6.61. The number of imidazole rings is 1. The van der Waals surface area contributed by atoms with Crippen LogP contribution in [0.15, 0.2) is 71.8 Å².